The Morgan fingerprint density at radius 1 is 1.10 bits per heavy atom. The molecule has 0 aliphatic rings. The number of aliphatic hydroxyl groups excluding tert-OH is 1. The number of pyridine rings is 1. The summed E-state index contributed by atoms with van der Waals surface area (Å²) in [6, 6.07) is 12.9. The van der Waals surface area contributed by atoms with Gasteiger partial charge in [0, 0.05) is 43.7 Å². The highest BCUT2D eigenvalue weighted by Gasteiger charge is 2.12. The average molecular weight is 426 g/mol. The molecule has 30 heavy (non-hydrogen) atoms. The number of hydrogen-bond acceptors (Lipinski definition) is 6. The van der Waals surface area contributed by atoms with Crippen LogP contribution in [0.25, 0.3) is 0 Å². The first-order valence-corrected chi connectivity index (χ1v) is 10.0. The Hall–Kier alpha value is -2.87. The second-order valence-corrected chi connectivity index (χ2v) is 7.38. The third kappa shape index (κ3) is 6.32. The minimum absolute atomic E-state index is 0.0452. The molecule has 0 bridgehead atoms. The van der Waals surface area contributed by atoms with Crippen LogP contribution in [0.1, 0.15) is 33.2 Å². The second kappa shape index (κ2) is 10.8. The number of amides is 1. The molecule has 3 rings (SSSR count). The van der Waals surface area contributed by atoms with E-state index in [4.69, 9.17) is 11.6 Å². The van der Waals surface area contributed by atoms with Gasteiger partial charge in [0.1, 0.15) is 5.15 Å². The Morgan fingerprint density at radius 2 is 1.90 bits per heavy atom. The number of rotatable bonds is 9. The second-order valence-electron chi connectivity index (χ2n) is 6.99. The van der Waals surface area contributed by atoms with Crippen LogP contribution in [-0.4, -0.2) is 51.2 Å². The summed E-state index contributed by atoms with van der Waals surface area (Å²) in [6.45, 7) is 1.61. The maximum atomic E-state index is 12.6. The molecule has 3 aromatic rings. The van der Waals surface area contributed by atoms with Crippen LogP contribution < -0.4 is 5.32 Å². The van der Waals surface area contributed by atoms with Gasteiger partial charge >= 0.3 is 0 Å². The topological polar surface area (TPSA) is 91.2 Å². The van der Waals surface area contributed by atoms with Gasteiger partial charge in [-0.1, -0.05) is 29.8 Å². The van der Waals surface area contributed by atoms with Crippen LogP contribution in [0, 0.1) is 0 Å². The summed E-state index contributed by atoms with van der Waals surface area (Å²) in [4.78, 5) is 18.2. The van der Waals surface area contributed by atoms with Crippen LogP contribution in [-0.2, 0) is 13.0 Å². The lowest BCUT2D eigenvalue weighted by molar-refractivity contribution is 0.0785. The van der Waals surface area contributed by atoms with Crippen molar-refractivity contribution >= 4 is 17.5 Å². The number of hydrogen-bond donors (Lipinski definition) is 2. The molecule has 0 radical (unpaired) electrons. The molecule has 0 saturated heterocycles. The third-order valence-electron chi connectivity index (χ3n) is 4.68. The highest BCUT2D eigenvalue weighted by molar-refractivity contribution is 6.29. The van der Waals surface area contributed by atoms with Crippen LogP contribution in [0.5, 0.6) is 0 Å². The maximum absolute atomic E-state index is 12.6. The number of benzene rings is 1. The minimum Gasteiger partial charge on any atom is -0.387 e. The quantitative estimate of drug-likeness (QED) is 0.404. The number of nitrogens with zero attached hydrogens (tertiary/aromatic N) is 4. The number of halogens is 1. The van der Waals surface area contributed by atoms with E-state index in [1.165, 1.54) is 0 Å². The van der Waals surface area contributed by atoms with E-state index in [2.05, 4.69) is 20.5 Å². The molecular weight excluding hydrogens is 402 g/mol. The van der Waals surface area contributed by atoms with Gasteiger partial charge in [-0.3, -0.25) is 4.79 Å². The van der Waals surface area contributed by atoms with Crippen molar-refractivity contribution in [1.29, 1.82) is 0 Å². The number of carbonyl (C=O) groups excluding carboxylic acids is 1. The maximum Gasteiger partial charge on any atom is 0.253 e. The standard InChI is InChI=1S/C22H24ClN5O2/c1-28(15-17-9-11-26-27-12-17)22(30)18-4-2-16(3-5-18)8-10-24-14-20(29)19-6-7-21(23)25-13-19/h2-7,9,11-13,20,24,29H,8,10,14-15H2,1H3/t20-/m0/s1. The van der Waals surface area contributed by atoms with Crippen LogP contribution in [0.3, 0.4) is 0 Å². The summed E-state index contributed by atoms with van der Waals surface area (Å²) >= 11 is 5.76. The van der Waals surface area contributed by atoms with E-state index in [1.807, 2.05) is 30.3 Å². The highest BCUT2D eigenvalue weighted by atomic mass is 35.5. The first-order chi connectivity index (χ1) is 14.5. The molecule has 7 nitrogen and oxygen atoms in total. The number of aromatic nitrogens is 3. The van der Waals surface area contributed by atoms with Crippen molar-refractivity contribution in [1.82, 2.24) is 25.4 Å². The van der Waals surface area contributed by atoms with E-state index in [-0.39, 0.29) is 5.91 Å². The van der Waals surface area contributed by atoms with Crippen LogP contribution in [0.2, 0.25) is 5.15 Å². The van der Waals surface area contributed by atoms with E-state index in [0.717, 1.165) is 23.1 Å². The predicted molar refractivity (Wildman–Crippen MR) is 115 cm³/mol. The summed E-state index contributed by atoms with van der Waals surface area (Å²) in [6.07, 6.45) is 4.99. The van der Waals surface area contributed by atoms with Gasteiger partial charge < -0.3 is 15.3 Å². The molecule has 0 fully saturated rings. The van der Waals surface area contributed by atoms with Gasteiger partial charge in [0.05, 0.1) is 12.3 Å². The molecule has 1 atom stereocenters. The van der Waals surface area contributed by atoms with Crippen molar-refractivity contribution in [2.45, 2.75) is 19.1 Å². The summed E-state index contributed by atoms with van der Waals surface area (Å²) in [7, 11) is 1.77. The number of aliphatic hydroxyl groups is 1. The Morgan fingerprint density at radius 3 is 2.57 bits per heavy atom. The van der Waals surface area contributed by atoms with Gasteiger partial charge in [-0.25, -0.2) is 4.98 Å². The lowest BCUT2D eigenvalue weighted by Crippen LogP contribution is -2.26. The van der Waals surface area contributed by atoms with Crippen molar-refractivity contribution in [3.63, 3.8) is 0 Å². The molecular formula is C22H24ClN5O2. The van der Waals surface area contributed by atoms with Crippen molar-refractivity contribution in [3.05, 3.63) is 88.5 Å². The van der Waals surface area contributed by atoms with E-state index in [1.54, 1.807) is 42.7 Å². The van der Waals surface area contributed by atoms with Gasteiger partial charge in [-0.05, 0) is 48.4 Å². The Bertz CT molecular complexity index is 936. The van der Waals surface area contributed by atoms with Crippen molar-refractivity contribution in [2.24, 2.45) is 0 Å². The fraction of sp³-hybridized carbons (Fsp3) is 0.273. The monoisotopic (exact) mass is 425 g/mol. The van der Waals surface area contributed by atoms with E-state index in [0.29, 0.717) is 30.4 Å². The zero-order valence-electron chi connectivity index (χ0n) is 16.7. The molecule has 1 aromatic carbocycles. The van der Waals surface area contributed by atoms with Gasteiger partial charge in [-0.2, -0.15) is 10.2 Å². The normalized spacial score (nSPS) is 11.8. The third-order valence-corrected chi connectivity index (χ3v) is 4.90. The molecule has 0 spiro atoms. The molecule has 2 heterocycles. The fourth-order valence-electron chi connectivity index (χ4n) is 2.97. The molecule has 0 aliphatic carbocycles. The predicted octanol–water partition coefficient (Wildman–Crippen LogP) is 2.66. The first kappa shape index (κ1) is 21.8. The van der Waals surface area contributed by atoms with Gasteiger partial charge in [0.2, 0.25) is 0 Å². The highest BCUT2D eigenvalue weighted by Crippen LogP contribution is 2.13. The van der Waals surface area contributed by atoms with Gasteiger partial charge in [0.15, 0.2) is 0 Å². The molecule has 1 amide bonds. The Kier molecular flexibility index (Phi) is 7.84. The van der Waals surface area contributed by atoms with E-state index >= 15 is 0 Å². The zero-order valence-corrected chi connectivity index (χ0v) is 17.5. The van der Waals surface area contributed by atoms with Crippen molar-refractivity contribution in [2.75, 3.05) is 20.1 Å². The summed E-state index contributed by atoms with van der Waals surface area (Å²) in [5.41, 5.74) is 3.41. The molecule has 156 valence electrons. The Balaban J connectivity index is 1.43. The number of nitrogens with one attached hydrogen (secondary N) is 1. The average Bonchev–Trinajstić information content (AvgIpc) is 2.77. The lowest BCUT2D eigenvalue weighted by Gasteiger charge is -2.17. The lowest BCUT2D eigenvalue weighted by atomic mass is 10.1. The van der Waals surface area contributed by atoms with Crippen LogP contribution >= 0.6 is 11.6 Å². The van der Waals surface area contributed by atoms with E-state index in [9.17, 15) is 9.90 Å². The molecule has 0 aliphatic heterocycles. The van der Waals surface area contributed by atoms with Crippen molar-refractivity contribution in [3.8, 4) is 0 Å². The molecule has 0 unspecified atom stereocenters. The number of carbonyl (C=O) groups is 1. The zero-order chi connectivity index (χ0) is 21.3. The van der Waals surface area contributed by atoms with Crippen LogP contribution in [0.15, 0.2) is 61.1 Å². The Labute approximate surface area is 180 Å². The SMILES string of the molecule is CN(Cc1ccnnc1)C(=O)c1ccc(CCNC[C@H](O)c2ccc(Cl)nc2)cc1. The minimum atomic E-state index is -0.638. The summed E-state index contributed by atoms with van der Waals surface area (Å²) in [5, 5.41) is 21.4. The van der Waals surface area contributed by atoms with Gasteiger partial charge in [-0.15, -0.1) is 0 Å². The molecule has 8 heteroatoms. The summed E-state index contributed by atoms with van der Waals surface area (Å²) in [5.74, 6) is -0.0452. The smallest absolute Gasteiger partial charge is 0.253 e. The fourth-order valence-corrected chi connectivity index (χ4v) is 3.08. The van der Waals surface area contributed by atoms with E-state index < -0.39 is 6.10 Å². The first-order valence-electron chi connectivity index (χ1n) is 9.63. The van der Waals surface area contributed by atoms with Gasteiger partial charge in [0.25, 0.3) is 5.91 Å². The molecule has 2 N–H and O–H groups in total. The van der Waals surface area contributed by atoms with Crippen molar-refractivity contribution < 1.29 is 9.90 Å². The summed E-state index contributed by atoms with van der Waals surface area (Å²) < 4.78 is 0. The van der Waals surface area contributed by atoms with Crippen LogP contribution in [0.4, 0.5) is 0 Å². The largest absolute Gasteiger partial charge is 0.387 e. The molecule has 2 aromatic heterocycles. The molecule has 0 saturated carbocycles.